The third-order valence-corrected chi connectivity index (χ3v) is 2.91. The average Bonchev–Trinajstić information content (AvgIpc) is 2.83. The lowest BCUT2D eigenvalue weighted by Crippen LogP contribution is -2.17. The highest BCUT2D eigenvalue weighted by atomic mass is 35.5. The van der Waals surface area contributed by atoms with Crippen molar-refractivity contribution in [3.63, 3.8) is 0 Å². The molecule has 0 aliphatic rings. The minimum Gasteiger partial charge on any atom is -0.461 e. The molecule has 1 aromatic heterocycles. The number of carbonyl (C=O) groups is 2. The van der Waals surface area contributed by atoms with Crippen LogP contribution in [0.4, 0.5) is 5.69 Å². The minimum atomic E-state index is -0.699. The van der Waals surface area contributed by atoms with Crippen LogP contribution in [0.5, 0.6) is 0 Å². The van der Waals surface area contributed by atoms with Crippen LogP contribution in [0.15, 0.2) is 28.8 Å². The lowest BCUT2D eigenvalue weighted by molar-refractivity contribution is 0.0512. The van der Waals surface area contributed by atoms with Gasteiger partial charge in [0.1, 0.15) is 11.3 Å². The highest BCUT2D eigenvalue weighted by molar-refractivity contribution is 6.30. The molecule has 0 bridgehead atoms. The number of carbonyl (C=O) groups excluding carboxylic acids is 2. The normalized spacial score (nSPS) is 10.2. The second-order valence-electron chi connectivity index (χ2n) is 4.14. The van der Waals surface area contributed by atoms with Gasteiger partial charge in [-0.3, -0.25) is 4.79 Å². The molecule has 0 fully saturated rings. The minimum absolute atomic E-state index is 0.0587. The highest BCUT2D eigenvalue weighted by Crippen LogP contribution is 2.18. The third-order valence-electron chi connectivity index (χ3n) is 2.66. The zero-order chi connectivity index (χ0) is 15.4. The standard InChI is InChI=1S/C14H13ClN2O4/c1-3-20-14(19)12-11(8(2)21-17-12)13(18)16-10-6-4-9(15)5-7-10/h4-7H,3H2,1-2H3,(H,16,18). The van der Waals surface area contributed by atoms with Gasteiger partial charge in [0.15, 0.2) is 0 Å². The molecule has 1 amide bonds. The number of aryl methyl sites for hydroxylation is 1. The number of esters is 1. The molecule has 6 nitrogen and oxygen atoms in total. The van der Waals surface area contributed by atoms with Crippen molar-refractivity contribution in [3.05, 3.63) is 46.3 Å². The predicted molar refractivity (Wildman–Crippen MR) is 76.6 cm³/mol. The van der Waals surface area contributed by atoms with Crippen LogP contribution in [-0.4, -0.2) is 23.6 Å². The van der Waals surface area contributed by atoms with Gasteiger partial charge in [-0.05, 0) is 38.1 Å². The molecule has 0 aliphatic heterocycles. The summed E-state index contributed by atoms with van der Waals surface area (Å²) in [7, 11) is 0. The van der Waals surface area contributed by atoms with Gasteiger partial charge in [0, 0.05) is 10.7 Å². The zero-order valence-electron chi connectivity index (χ0n) is 11.5. The molecule has 21 heavy (non-hydrogen) atoms. The molecular formula is C14H13ClN2O4. The Morgan fingerprint density at radius 1 is 1.33 bits per heavy atom. The van der Waals surface area contributed by atoms with E-state index in [4.69, 9.17) is 20.9 Å². The SMILES string of the molecule is CCOC(=O)c1noc(C)c1C(=O)Nc1ccc(Cl)cc1. The Bertz CT molecular complexity index is 664. The van der Waals surface area contributed by atoms with Gasteiger partial charge < -0.3 is 14.6 Å². The van der Waals surface area contributed by atoms with Crippen LogP contribution in [0.3, 0.4) is 0 Å². The first-order valence-corrected chi connectivity index (χ1v) is 6.61. The van der Waals surface area contributed by atoms with Crippen LogP contribution >= 0.6 is 11.6 Å². The Morgan fingerprint density at radius 3 is 2.62 bits per heavy atom. The Hall–Kier alpha value is -2.34. The molecule has 110 valence electrons. The van der Waals surface area contributed by atoms with E-state index in [-0.39, 0.29) is 23.6 Å². The lowest BCUT2D eigenvalue weighted by Gasteiger charge is -2.05. The molecule has 2 aromatic rings. The van der Waals surface area contributed by atoms with Crippen LogP contribution in [0, 0.1) is 6.92 Å². The molecule has 1 N–H and O–H groups in total. The molecule has 1 heterocycles. The summed E-state index contributed by atoms with van der Waals surface area (Å²) in [6.45, 7) is 3.40. The van der Waals surface area contributed by atoms with E-state index in [9.17, 15) is 9.59 Å². The fourth-order valence-corrected chi connectivity index (χ4v) is 1.83. The molecule has 0 unspecified atom stereocenters. The first-order valence-electron chi connectivity index (χ1n) is 6.23. The number of halogens is 1. The Labute approximate surface area is 126 Å². The van der Waals surface area contributed by atoms with E-state index in [0.29, 0.717) is 10.7 Å². The Kier molecular flexibility index (Phi) is 4.59. The maximum atomic E-state index is 12.3. The van der Waals surface area contributed by atoms with Gasteiger partial charge in [0.2, 0.25) is 5.69 Å². The van der Waals surface area contributed by atoms with Crippen LogP contribution in [0.1, 0.15) is 33.5 Å². The summed E-state index contributed by atoms with van der Waals surface area (Å²) in [5, 5.41) is 6.78. The van der Waals surface area contributed by atoms with Crippen molar-refractivity contribution in [3.8, 4) is 0 Å². The molecule has 0 aliphatic carbocycles. The first-order chi connectivity index (χ1) is 10.0. The zero-order valence-corrected chi connectivity index (χ0v) is 12.2. The van der Waals surface area contributed by atoms with Crippen LogP contribution in [0.25, 0.3) is 0 Å². The molecule has 0 atom stereocenters. The predicted octanol–water partition coefficient (Wildman–Crippen LogP) is 3.07. The van der Waals surface area contributed by atoms with Crippen LogP contribution in [-0.2, 0) is 4.74 Å². The average molecular weight is 309 g/mol. The lowest BCUT2D eigenvalue weighted by atomic mass is 10.1. The topological polar surface area (TPSA) is 81.4 Å². The summed E-state index contributed by atoms with van der Waals surface area (Å²) < 4.78 is 9.75. The van der Waals surface area contributed by atoms with Gasteiger partial charge in [0.05, 0.1) is 6.61 Å². The van der Waals surface area contributed by atoms with Crippen LogP contribution < -0.4 is 5.32 Å². The Morgan fingerprint density at radius 2 is 2.00 bits per heavy atom. The van der Waals surface area contributed by atoms with E-state index >= 15 is 0 Å². The fourth-order valence-electron chi connectivity index (χ4n) is 1.71. The maximum Gasteiger partial charge on any atom is 0.361 e. The number of nitrogens with zero attached hydrogens (tertiary/aromatic N) is 1. The van der Waals surface area contributed by atoms with E-state index in [1.165, 1.54) is 0 Å². The second kappa shape index (κ2) is 6.41. The van der Waals surface area contributed by atoms with Gasteiger partial charge in [-0.1, -0.05) is 16.8 Å². The van der Waals surface area contributed by atoms with Crippen molar-refractivity contribution < 1.29 is 18.8 Å². The summed E-state index contributed by atoms with van der Waals surface area (Å²) in [6, 6.07) is 6.58. The number of aromatic nitrogens is 1. The number of amides is 1. The monoisotopic (exact) mass is 308 g/mol. The molecule has 0 radical (unpaired) electrons. The summed E-state index contributed by atoms with van der Waals surface area (Å²) >= 11 is 5.78. The van der Waals surface area contributed by atoms with Crippen molar-refractivity contribution in [1.82, 2.24) is 5.16 Å². The van der Waals surface area contributed by atoms with Crippen molar-refractivity contribution in [2.24, 2.45) is 0 Å². The van der Waals surface area contributed by atoms with E-state index in [0.717, 1.165) is 0 Å². The second-order valence-corrected chi connectivity index (χ2v) is 4.58. The number of hydrogen-bond acceptors (Lipinski definition) is 5. The quantitative estimate of drug-likeness (QED) is 0.878. The number of rotatable bonds is 4. The molecule has 7 heteroatoms. The fraction of sp³-hybridized carbons (Fsp3) is 0.214. The summed E-state index contributed by atoms with van der Waals surface area (Å²) in [6.07, 6.45) is 0. The van der Waals surface area contributed by atoms with Gasteiger partial charge in [-0.25, -0.2) is 4.79 Å². The molecule has 0 saturated heterocycles. The summed E-state index contributed by atoms with van der Waals surface area (Å²) in [5.41, 5.74) is 0.462. The maximum absolute atomic E-state index is 12.3. The first kappa shape index (κ1) is 15.1. The van der Waals surface area contributed by atoms with Crippen molar-refractivity contribution >= 4 is 29.2 Å². The molecule has 2 rings (SSSR count). The summed E-state index contributed by atoms with van der Waals surface area (Å²) in [5.74, 6) is -0.959. The van der Waals surface area contributed by atoms with E-state index in [1.807, 2.05) is 0 Å². The van der Waals surface area contributed by atoms with Crippen LogP contribution in [0.2, 0.25) is 5.02 Å². The van der Waals surface area contributed by atoms with Crippen molar-refractivity contribution in [1.29, 1.82) is 0 Å². The highest BCUT2D eigenvalue weighted by Gasteiger charge is 2.26. The Balaban J connectivity index is 2.24. The molecule has 0 saturated carbocycles. The molecule has 0 spiro atoms. The van der Waals surface area contributed by atoms with E-state index in [1.54, 1.807) is 38.1 Å². The van der Waals surface area contributed by atoms with Gasteiger partial charge in [0.25, 0.3) is 5.91 Å². The summed E-state index contributed by atoms with van der Waals surface area (Å²) in [4.78, 5) is 24.0. The van der Waals surface area contributed by atoms with E-state index in [2.05, 4.69) is 10.5 Å². The van der Waals surface area contributed by atoms with Gasteiger partial charge in [-0.2, -0.15) is 0 Å². The van der Waals surface area contributed by atoms with Gasteiger partial charge >= 0.3 is 5.97 Å². The number of anilines is 1. The molecular weight excluding hydrogens is 296 g/mol. The largest absolute Gasteiger partial charge is 0.461 e. The number of benzene rings is 1. The molecule has 1 aromatic carbocycles. The van der Waals surface area contributed by atoms with E-state index < -0.39 is 11.9 Å². The van der Waals surface area contributed by atoms with Crippen molar-refractivity contribution in [2.45, 2.75) is 13.8 Å². The third kappa shape index (κ3) is 3.41. The number of nitrogens with one attached hydrogen (secondary N) is 1. The van der Waals surface area contributed by atoms with Gasteiger partial charge in [-0.15, -0.1) is 0 Å². The number of hydrogen-bond donors (Lipinski definition) is 1. The van der Waals surface area contributed by atoms with Crippen molar-refractivity contribution in [2.75, 3.05) is 11.9 Å². The smallest absolute Gasteiger partial charge is 0.361 e. The number of ether oxygens (including phenoxy) is 1.